The number of halogens is 1. The molecule has 1 amide bonds. The zero-order valence-corrected chi connectivity index (χ0v) is 13.4. The summed E-state index contributed by atoms with van der Waals surface area (Å²) in [6.45, 7) is 5.64. The van der Waals surface area contributed by atoms with Crippen LogP contribution in [0.3, 0.4) is 0 Å². The van der Waals surface area contributed by atoms with Crippen molar-refractivity contribution in [3.05, 3.63) is 28.7 Å². The topological polar surface area (TPSA) is 64.3 Å². The summed E-state index contributed by atoms with van der Waals surface area (Å²) in [4.78, 5) is 11.8. The van der Waals surface area contributed by atoms with Gasteiger partial charge in [0.1, 0.15) is 5.54 Å². The van der Waals surface area contributed by atoms with Crippen LogP contribution in [0, 0.1) is 0 Å². The van der Waals surface area contributed by atoms with Crippen LogP contribution in [0.2, 0.25) is 0 Å². The van der Waals surface area contributed by atoms with Gasteiger partial charge in [0.25, 0.3) is 0 Å². The number of carbonyl (C=O) groups is 1. The molecule has 0 radical (unpaired) electrons. The summed E-state index contributed by atoms with van der Waals surface area (Å²) in [5, 5.41) is 3.21. The van der Waals surface area contributed by atoms with Gasteiger partial charge in [-0.25, -0.2) is 0 Å². The standard InChI is InChI=1S/C14H21BrN2O2/c1-13(2,19-4)9-14(3,12(16)18)17-11-8-6-5-7-10(11)15/h5-8,17H,9H2,1-4H3,(H2,16,18). The van der Waals surface area contributed by atoms with E-state index in [1.807, 2.05) is 38.1 Å². The number of nitrogens with two attached hydrogens (primary N) is 1. The van der Waals surface area contributed by atoms with E-state index in [4.69, 9.17) is 10.5 Å². The Hall–Kier alpha value is -1.07. The van der Waals surface area contributed by atoms with Crippen LogP contribution >= 0.6 is 15.9 Å². The SMILES string of the molecule is COC(C)(C)CC(C)(Nc1ccccc1Br)C(N)=O. The number of benzene rings is 1. The molecule has 3 N–H and O–H groups in total. The van der Waals surface area contributed by atoms with E-state index in [2.05, 4.69) is 21.2 Å². The molecule has 106 valence electrons. The number of rotatable bonds is 6. The van der Waals surface area contributed by atoms with Gasteiger partial charge in [-0.3, -0.25) is 4.79 Å². The predicted molar refractivity (Wildman–Crippen MR) is 81.1 cm³/mol. The molecule has 0 aliphatic heterocycles. The summed E-state index contributed by atoms with van der Waals surface area (Å²) in [6, 6.07) is 7.61. The Kier molecular flexibility index (Phi) is 4.98. The summed E-state index contributed by atoms with van der Waals surface area (Å²) in [7, 11) is 1.62. The van der Waals surface area contributed by atoms with Gasteiger partial charge in [0.2, 0.25) is 5.91 Å². The molecular weight excluding hydrogens is 308 g/mol. The van der Waals surface area contributed by atoms with Crippen LogP contribution in [0.4, 0.5) is 5.69 Å². The maximum atomic E-state index is 11.8. The van der Waals surface area contributed by atoms with Gasteiger partial charge in [-0.1, -0.05) is 12.1 Å². The minimum Gasteiger partial charge on any atom is -0.379 e. The molecule has 0 spiro atoms. The second-order valence-corrected chi connectivity index (χ2v) is 6.30. The van der Waals surface area contributed by atoms with Gasteiger partial charge in [-0.15, -0.1) is 0 Å². The highest BCUT2D eigenvalue weighted by atomic mass is 79.9. The third kappa shape index (κ3) is 4.21. The number of hydrogen-bond acceptors (Lipinski definition) is 3. The molecule has 19 heavy (non-hydrogen) atoms. The first kappa shape index (κ1) is 16.0. The Morgan fingerprint density at radius 3 is 2.42 bits per heavy atom. The monoisotopic (exact) mass is 328 g/mol. The molecule has 1 rings (SSSR count). The highest BCUT2D eigenvalue weighted by molar-refractivity contribution is 9.10. The normalized spacial score (nSPS) is 14.8. The number of ether oxygens (including phenoxy) is 1. The number of carbonyl (C=O) groups excluding carboxylic acids is 1. The van der Waals surface area contributed by atoms with Crippen LogP contribution in [0.25, 0.3) is 0 Å². The summed E-state index contributed by atoms with van der Waals surface area (Å²) < 4.78 is 6.28. The van der Waals surface area contributed by atoms with E-state index in [1.165, 1.54) is 0 Å². The number of para-hydroxylation sites is 1. The van der Waals surface area contributed by atoms with E-state index in [9.17, 15) is 4.79 Å². The summed E-state index contributed by atoms with van der Waals surface area (Å²) in [5.74, 6) is -0.409. The fourth-order valence-corrected chi connectivity index (χ4v) is 2.36. The molecule has 0 heterocycles. The number of nitrogens with one attached hydrogen (secondary N) is 1. The summed E-state index contributed by atoms with van der Waals surface area (Å²) in [5.41, 5.74) is 5.06. The van der Waals surface area contributed by atoms with Gasteiger partial charge >= 0.3 is 0 Å². The van der Waals surface area contributed by atoms with E-state index in [-0.39, 0.29) is 0 Å². The molecule has 5 heteroatoms. The van der Waals surface area contributed by atoms with Crippen LogP contribution in [0.1, 0.15) is 27.2 Å². The molecule has 0 saturated carbocycles. The summed E-state index contributed by atoms with van der Waals surface area (Å²) in [6.07, 6.45) is 0.465. The van der Waals surface area contributed by atoms with Crippen molar-refractivity contribution in [3.8, 4) is 0 Å². The fraction of sp³-hybridized carbons (Fsp3) is 0.500. The smallest absolute Gasteiger partial charge is 0.242 e. The predicted octanol–water partition coefficient (Wildman–Crippen LogP) is 2.92. The molecule has 0 aliphatic carbocycles. The Morgan fingerprint density at radius 1 is 1.37 bits per heavy atom. The largest absolute Gasteiger partial charge is 0.379 e. The van der Waals surface area contributed by atoms with Crippen molar-refractivity contribution in [2.75, 3.05) is 12.4 Å². The van der Waals surface area contributed by atoms with Gasteiger partial charge in [0.15, 0.2) is 0 Å². The molecule has 1 aromatic carbocycles. The molecule has 0 saturated heterocycles. The Bertz CT molecular complexity index is 463. The molecule has 1 unspecified atom stereocenters. The van der Waals surface area contributed by atoms with Crippen molar-refractivity contribution in [3.63, 3.8) is 0 Å². The lowest BCUT2D eigenvalue weighted by Crippen LogP contribution is -2.52. The van der Waals surface area contributed by atoms with Gasteiger partial charge in [-0.2, -0.15) is 0 Å². The van der Waals surface area contributed by atoms with Crippen molar-refractivity contribution in [2.45, 2.75) is 38.3 Å². The number of methoxy groups -OCH3 is 1. The number of amides is 1. The van der Waals surface area contributed by atoms with Gasteiger partial charge in [0, 0.05) is 23.7 Å². The molecular formula is C14H21BrN2O2. The van der Waals surface area contributed by atoms with Crippen molar-refractivity contribution in [1.29, 1.82) is 0 Å². The van der Waals surface area contributed by atoms with Crippen molar-refractivity contribution in [1.82, 2.24) is 0 Å². The maximum absolute atomic E-state index is 11.8. The number of hydrogen-bond donors (Lipinski definition) is 2. The third-order valence-electron chi connectivity index (χ3n) is 3.16. The van der Waals surface area contributed by atoms with E-state index in [0.717, 1.165) is 10.2 Å². The maximum Gasteiger partial charge on any atom is 0.242 e. The average Bonchev–Trinajstić information content (AvgIpc) is 2.31. The van der Waals surface area contributed by atoms with Crippen LogP contribution in [0.15, 0.2) is 28.7 Å². The summed E-state index contributed by atoms with van der Waals surface area (Å²) >= 11 is 3.45. The Morgan fingerprint density at radius 2 is 1.95 bits per heavy atom. The Labute approximate surface area is 122 Å². The van der Waals surface area contributed by atoms with E-state index >= 15 is 0 Å². The van der Waals surface area contributed by atoms with E-state index in [0.29, 0.717) is 6.42 Å². The van der Waals surface area contributed by atoms with Crippen molar-refractivity contribution in [2.24, 2.45) is 5.73 Å². The van der Waals surface area contributed by atoms with Gasteiger partial charge in [0.05, 0.1) is 5.60 Å². The lowest BCUT2D eigenvalue weighted by molar-refractivity contribution is -0.124. The molecule has 0 aliphatic rings. The molecule has 4 nitrogen and oxygen atoms in total. The molecule has 1 atom stereocenters. The molecule has 0 aromatic heterocycles. The van der Waals surface area contributed by atoms with Crippen LogP contribution in [-0.4, -0.2) is 24.2 Å². The molecule has 0 fully saturated rings. The number of anilines is 1. The quantitative estimate of drug-likeness (QED) is 0.843. The zero-order valence-electron chi connectivity index (χ0n) is 11.8. The van der Waals surface area contributed by atoms with E-state index in [1.54, 1.807) is 14.0 Å². The minimum absolute atomic E-state index is 0.409. The fourth-order valence-electron chi connectivity index (χ4n) is 1.98. The first-order valence-electron chi connectivity index (χ1n) is 6.08. The van der Waals surface area contributed by atoms with Crippen LogP contribution in [-0.2, 0) is 9.53 Å². The lowest BCUT2D eigenvalue weighted by Gasteiger charge is -2.36. The molecule has 0 bridgehead atoms. The van der Waals surface area contributed by atoms with Gasteiger partial charge in [-0.05, 0) is 48.8 Å². The van der Waals surface area contributed by atoms with Crippen LogP contribution in [0.5, 0.6) is 0 Å². The first-order chi connectivity index (χ1) is 8.70. The Balaban J connectivity index is 3.01. The average molecular weight is 329 g/mol. The van der Waals surface area contributed by atoms with Gasteiger partial charge < -0.3 is 15.8 Å². The van der Waals surface area contributed by atoms with Crippen molar-refractivity contribution < 1.29 is 9.53 Å². The second-order valence-electron chi connectivity index (χ2n) is 5.44. The van der Waals surface area contributed by atoms with Crippen molar-refractivity contribution >= 4 is 27.5 Å². The minimum atomic E-state index is -0.886. The molecule has 1 aromatic rings. The highest BCUT2D eigenvalue weighted by Gasteiger charge is 2.37. The highest BCUT2D eigenvalue weighted by Crippen LogP contribution is 2.30. The zero-order chi connectivity index (χ0) is 14.7. The lowest BCUT2D eigenvalue weighted by atomic mass is 9.86. The second kappa shape index (κ2) is 5.92. The third-order valence-corrected chi connectivity index (χ3v) is 3.85. The number of primary amides is 1. The first-order valence-corrected chi connectivity index (χ1v) is 6.87. The van der Waals surface area contributed by atoms with E-state index < -0.39 is 17.0 Å². The van der Waals surface area contributed by atoms with Crippen LogP contribution < -0.4 is 11.1 Å².